The molecule has 0 aromatic rings. The van der Waals surface area contributed by atoms with Crippen molar-refractivity contribution in [3.05, 3.63) is 0 Å². The molecule has 0 atom stereocenters. The molecule has 0 saturated carbocycles. The van der Waals surface area contributed by atoms with Gasteiger partial charge in [0.1, 0.15) is 0 Å². The van der Waals surface area contributed by atoms with Crippen LogP contribution in [0.4, 0.5) is 0 Å². The molecule has 0 aromatic heterocycles. The molecule has 0 fully saturated rings. The summed E-state index contributed by atoms with van der Waals surface area (Å²) in [7, 11) is -3.96. The molecule has 0 amide bonds. The summed E-state index contributed by atoms with van der Waals surface area (Å²) >= 11 is 3.07. The van der Waals surface area contributed by atoms with Gasteiger partial charge < -0.3 is 0 Å². The molecule has 0 rings (SSSR count). The van der Waals surface area contributed by atoms with Gasteiger partial charge in [-0.05, 0) is 64.9 Å². The van der Waals surface area contributed by atoms with Gasteiger partial charge in [-0.1, -0.05) is 30.7 Å². The van der Waals surface area contributed by atoms with Gasteiger partial charge in [0, 0.05) is 16.8 Å². The maximum atomic E-state index is 11.2. The Kier molecular flexibility index (Phi) is 13.1. The number of hydrogen-bond donors (Lipinski definition) is 2. The number of thioether (sulfide) groups is 1. The van der Waals surface area contributed by atoms with Crippen molar-refractivity contribution in [2.45, 2.75) is 88.6 Å². The van der Waals surface area contributed by atoms with Crippen molar-refractivity contribution >= 4 is 33.9 Å². The van der Waals surface area contributed by atoms with Crippen molar-refractivity contribution < 1.29 is 27.6 Å². The van der Waals surface area contributed by atoms with Crippen LogP contribution in [-0.2, 0) is 19.5 Å². The molecule has 25 heavy (non-hydrogen) atoms. The van der Waals surface area contributed by atoms with Gasteiger partial charge in [0.2, 0.25) is 0 Å². The zero-order valence-corrected chi connectivity index (χ0v) is 18.3. The van der Waals surface area contributed by atoms with Crippen molar-refractivity contribution in [2.24, 2.45) is 0 Å². The van der Waals surface area contributed by atoms with E-state index in [2.05, 4.69) is 23.2 Å². The maximum Gasteiger partial charge on any atom is 0.270 e. The third-order valence-corrected chi connectivity index (χ3v) is 7.66. The van der Waals surface area contributed by atoms with E-state index in [1.807, 2.05) is 11.8 Å². The minimum Gasteiger partial charge on any atom is -0.285 e. The van der Waals surface area contributed by atoms with Crippen LogP contribution >= 0.6 is 23.8 Å². The molecule has 152 valence electrons. The van der Waals surface area contributed by atoms with Crippen LogP contribution in [0.25, 0.3) is 0 Å². The summed E-state index contributed by atoms with van der Waals surface area (Å²) in [6.07, 6.45) is 7.83. The van der Waals surface area contributed by atoms with Gasteiger partial charge in [-0.25, -0.2) is 5.26 Å². The van der Waals surface area contributed by atoms with E-state index in [1.165, 1.54) is 12.8 Å². The molecule has 0 aromatic carbocycles. The van der Waals surface area contributed by atoms with Crippen molar-refractivity contribution in [1.29, 1.82) is 0 Å². The Morgan fingerprint density at radius 2 is 1.40 bits per heavy atom. The quantitative estimate of drug-likeness (QED) is 0.114. The molecule has 0 spiro atoms. The van der Waals surface area contributed by atoms with E-state index in [-0.39, 0.29) is 4.75 Å². The monoisotopic (exact) mass is 418 g/mol. The summed E-state index contributed by atoms with van der Waals surface area (Å²) in [5.41, 5.74) is 0. The van der Waals surface area contributed by atoms with E-state index < -0.39 is 14.9 Å². The van der Waals surface area contributed by atoms with Gasteiger partial charge in [0.05, 0.1) is 4.75 Å². The predicted octanol–water partition coefficient (Wildman–Crippen LogP) is 5.35. The zero-order chi connectivity index (χ0) is 19.4. The molecule has 0 heterocycles. The lowest BCUT2D eigenvalue weighted by Crippen LogP contribution is -2.31. The van der Waals surface area contributed by atoms with Crippen molar-refractivity contribution in [3.63, 3.8) is 0 Å². The highest BCUT2D eigenvalue weighted by Gasteiger charge is 2.31. The molecule has 0 radical (unpaired) electrons. The first-order chi connectivity index (χ1) is 11.5. The molecule has 0 aliphatic heterocycles. The highest BCUT2D eigenvalue weighted by molar-refractivity contribution is 7.99. The number of rotatable bonds is 16. The van der Waals surface area contributed by atoms with Gasteiger partial charge in [-0.2, -0.15) is 20.2 Å². The lowest BCUT2D eigenvalue weighted by atomic mass is 10.0. The smallest absolute Gasteiger partial charge is 0.270 e. The van der Waals surface area contributed by atoms with Gasteiger partial charge in [0.15, 0.2) is 0 Å². The fourth-order valence-corrected chi connectivity index (χ4v) is 4.11. The second-order valence-corrected chi connectivity index (χ2v) is 12.1. The molecule has 0 bridgehead atoms. The summed E-state index contributed by atoms with van der Waals surface area (Å²) in [5, 5.41) is 11.8. The third kappa shape index (κ3) is 13.3. The molecule has 6 nitrogen and oxygen atoms in total. The summed E-state index contributed by atoms with van der Waals surface area (Å²) in [4.78, 5) is 0. The van der Waals surface area contributed by atoms with Gasteiger partial charge in [0.25, 0.3) is 10.1 Å². The first-order valence-electron chi connectivity index (χ1n) is 8.72. The van der Waals surface area contributed by atoms with Crippen LogP contribution in [0.2, 0.25) is 0 Å². The van der Waals surface area contributed by atoms with Crippen LogP contribution in [0.5, 0.6) is 0 Å². The highest BCUT2D eigenvalue weighted by atomic mass is 32.2. The minimum absolute atomic E-state index is 0.0777. The third-order valence-electron chi connectivity index (χ3n) is 4.12. The Hall–Kier alpha value is 0.490. The number of unbranched alkanes of at least 4 members (excludes halogenated alkanes) is 4. The van der Waals surface area contributed by atoms with Crippen LogP contribution in [0.1, 0.15) is 79.1 Å². The fraction of sp³-hybridized carbons (Fsp3) is 1.00. The van der Waals surface area contributed by atoms with Crippen LogP contribution in [0.3, 0.4) is 0 Å². The van der Waals surface area contributed by atoms with Gasteiger partial charge in [-0.15, -0.1) is 4.33 Å². The van der Waals surface area contributed by atoms with E-state index in [4.69, 9.17) is 9.81 Å². The van der Waals surface area contributed by atoms with E-state index >= 15 is 0 Å². The average molecular weight is 419 g/mol. The van der Waals surface area contributed by atoms with E-state index in [1.54, 1.807) is 13.8 Å². The predicted molar refractivity (Wildman–Crippen MR) is 106 cm³/mol. The SMILES string of the molecule is CC(C)(CCCCCSCCCCCC(C)(C)S(=O)(=O)O)SOOO. The highest BCUT2D eigenvalue weighted by Crippen LogP contribution is 2.31. The van der Waals surface area contributed by atoms with Crippen molar-refractivity contribution in [1.82, 2.24) is 0 Å². The van der Waals surface area contributed by atoms with Gasteiger partial charge in [-0.3, -0.25) is 4.55 Å². The van der Waals surface area contributed by atoms with Crippen LogP contribution < -0.4 is 0 Å². The largest absolute Gasteiger partial charge is 0.285 e. The minimum atomic E-state index is -3.96. The second-order valence-electron chi connectivity index (χ2n) is 7.45. The Balaban J connectivity index is 3.48. The van der Waals surface area contributed by atoms with Crippen LogP contribution in [0, 0.1) is 0 Å². The second kappa shape index (κ2) is 12.8. The molecule has 9 heteroatoms. The fourth-order valence-electron chi connectivity index (χ4n) is 2.24. The maximum absolute atomic E-state index is 11.2. The first-order valence-corrected chi connectivity index (χ1v) is 12.1. The van der Waals surface area contributed by atoms with Crippen molar-refractivity contribution in [2.75, 3.05) is 11.5 Å². The van der Waals surface area contributed by atoms with E-state index in [9.17, 15) is 8.42 Å². The number of hydrogen-bond acceptors (Lipinski definition) is 7. The lowest BCUT2D eigenvalue weighted by molar-refractivity contribution is -0.432. The normalized spacial score (nSPS) is 13.4. The van der Waals surface area contributed by atoms with Crippen LogP contribution in [0.15, 0.2) is 0 Å². The standard InChI is InChI=1S/C16H34O6S3/c1-15(2,24-22-21-17)11-7-5-9-13-23-14-10-6-8-12-16(3,4)25(18,19)20/h17H,5-14H2,1-4H3,(H,18,19,20). The molecule has 0 aliphatic rings. The van der Waals surface area contributed by atoms with Crippen LogP contribution in [-0.4, -0.2) is 39.2 Å². The topological polar surface area (TPSA) is 93.1 Å². The zero-order valence-electron chi connectivity index (χ0n) is 15.8. The Labute approximate surface area is 161 Å². The average Bonchev–Trinajstić information content (AvgIpc) is 2.49. The molecular formula is C16H34O6S3. The van der Waals surface area contributed by atoms with E-state index in [0.29, 0.717) is 6.42 Å². The molecular weight excluding hydrogens is 384 g/mol. The molecule has 0 unspecified atom stereocenters. The Morgan fingerprint density at radius 3 is 1.88 bits per heavy atom. The summed E-state index contributed by atoms with van der Waals surface area (Å²) in [6, 6.07) is 0. The molecule has 0 aliphatic carbocycles. The summed E-state index contributed by atoms with van der Waals surface area (Å²) < 4.78 is 34.9. The Morgan fingerprint density at radius 1 is 0.880 bits per heavy atom. The summed E-state index contributed by atoms with van der Waals surface area (Å²) in [6.45, 7) is 7.24. The summed E-state index contributed by atoms with van der Waals surface area (Å²) in [5.74, 6) is 2.23. The molecule has 2 N–H and O–H groups in total. The van der Waals surface area contributed by atoms with E-state index in [0.717, 1.165) is 55.7 Å². The molecule has 0 saturated heterocycles. The first kappa shape index (κ1) is 25.5. The van der Waals surface area contributed by atoms with Crippen molar-refractivity contribution in [3.8, 4) is 0 Å². The lowest BCUT2D eigenvalue weighted by Gasteiger charge is -2.20. The Bertz CT molecular complexity index is 437. The van der Waals surface area contributed by atoms with Gasteiger partial charge >= 0.3 is 0 Å².